The van der Waals surface area contributed by atoms with E-state index in [-0.39, 0.29) is 0 Å². The predicted octanol–water partition coefficient (Wildman–Crippen LogP) is 1.21. The second kappa shape index (κ2) is 4.88. The molecule has 18 heavy (non-hydrogen) atoms. The van der Waals surface area contributed by atoms with Gasteiger partial charge in [0.1, 0.15) is 10.3 Å². The molecule has 1 aliphatic rings. The highest BCUT2D eigenvalue weighted by molar-refractivity contribution is 7.91. The van der Waals surface area contributed by atoms with Crippen LogP contribution in [0.1, 0.15) is 35.7 Å². The number of aromatic nitrogens is 1. The van der Waals surface area contributed by atoms with Gasteiger partial charge in [-0.2, -0.15) is 0 Å². The van der Waals surface area contributed by atoms with Crippen LogP contribution in [0, 0.1) is 0 Å². The van der Waals surface area contributed by atoms with Gasteiger partial charge >= 0.3 is 0 Å². The molecule has 0 radical (unpaired) electrons. The molecular weight excluding hydrogens is 272 g/mol. The molecule has 0 aliphatic carbocycles. The SMILES string of the molecule is CC(c1nc(C2(N)CCOCC2)cs1)S(C)(=O)=O. The number of rotatable bonds is 3. The average Bonchev–Trinajstić information content (AvgIpc) is 2.77. The number of sulfone groups is 1. The Morgan fingerprint density at radius 3 is 2.67 bits per heavy atom. The van der Waals surface area contributed by atoms with Gasteiger partial charge < -0.3 is 10.5 Å². The summed E-state index contributed by atoms with van der Waals surface area (Å²) in [7, 11) is -3.11. The van der Waals surface area contributed by atoms with Crippen molar-refractivity contribution in [2.45, 2.75) is 30.6 Å². The van der Waals surface area contributed by atoms with Crippen LogP contribution in [0.2, 0.25) is 0 Å². The number of nitrogens with zero attached hydrogens (tertiary/aromatic N) is 1. The normalized spacial score (nSPS) is 21.7. The van der Waals surface area contributed by atoms with Gasteiger partial charge in [0.05, 0.1) is 11.2 Å². The molecule has 1 aliphatic heterocycles. The van der Waals surface area contributed by atoms with Crippen molar-refractivity contribution in [3.8, 4) is 0 Å². The van der Waals surface area contributed by atoms with Gasteiger partial charge in [0.25, 0.3) is 0 Å². The summed E-state index contributed by atoms with van der Waals surface area (Å²) in [5, 5.41) is 1.92. The second-order valence-electron chi connectivity index (χ2n) is 4.81. The quantitative estimate of drug-likeness (QED) is 0.905. The zero-order valence-corrected chi connectivity index (χ0v) is 12.2. The Hall–Kier alpha value is -0.500. The maximum absolute atomic E-state index is 11.5. The van der Waals surface area contributed by atoms with E-state index in [1.54, 1.807) is 6.92 Å². The third kappa shape index (κ3) is 2.74. The number of hydrogen-bond acceptors (Lipinski definition) is 6. The third-order valence-corrected chi connectivity index (χ3v) is 6.09. The Bertz CT molecular complexity index is 518. The molecular formula is C11H18N2O3S2. The van der Waals surface area contributed by atoms with Gasteiger partial charge in [0.2, 0.25) is 0 Å². The summed E-state index contributed by atoms with van der Waals surface area (Å²) in [6.45, 7) is 2.92. The van der Waals surface area contributed by atoms with Crippen LogP contribution in [0.15, 0.2) is 5.38 Å². The van der Waals surface area contributed by atoms with Crippen LogP contribution in [-0.2, 0) is 20.1 Å². The first kappa shape index (κ1) is 13.9. The first-order valence-electron chi connectivity index (χ1n) is 5.84. The van der Waals surface area contributed by atoms with Gasteiger partial charge in [-0.1, -0.05) is 0 Å². The molecule has 2 N–H and O–H groups in total. The van der Waals surface area contributed by atoms with Gasteiger partial charge in [-0.25, -0.2) is 13.4 Å². The summed E-state index contributed by atoms with van der Waals surface area (Å²) in [6.07, 6.45) is 2.68. The minimum absolute atomic E-state index is 0.468. The lowest BCUT2D eigenvalue weighted by atomic mass is 9.88. The summed E-state index contributed by atoms with van der Waals surface area (Å²) in [5.41, 5.74) is 6.64. The molecule has 2 heterocycles. The van der Waals surface area contributed by atoms with E-state index < -0.39 is 20.6 Å². The van der Waals surface area contributed by atoms with Crippen LogP contribution in [0.25, 0.3) is 0 Å². The van der Waals surface area contributed by atoms with Gasteiger partial charge in [-0.3, -0.25) is 0 Å². The lowest BCUT2D eigenvalue weighted by Gasteiger charge is -2.31. The largest absolute Gasteiger partial charge is 0.381 e. The van der Waals surface area contributed by atoms with Crippen molar-refractivity contribution in [3.05, 3.63) is 16.1 Å². The molecule has 1 aromatic heterocycles. The van der Waals surface area contributed by atoms with Crippen LogP contribution < -0.4 is 5.73 Å². The van der Waals surface area contributed by atoms with Gasteiger partial charge in [-0.05, 0) is 19.8 Å². The number of hydrogen-bond donors (Lipinski definition) is 1. The molecule has 0 spiro atoms. The Morgan fingerprint density at radius 1 is 1.50 bits per heavy atom. The van der Waals surface area contributed by atoms with E-state index >= 15 is 0 Å². The van der Waals surface area contributed by atoms with Crippen LogP contribution in [0.5, 0.6) is 0 Å². The lowest BCUT2D eigenvalue weighted by Crippen LogP contribution is -2.42. The molecule has 2 rings (SSSR count). The molecule has 1 aromatic rings. The standard InChI is InChI=1S/C11H18N2O3S2/c1-8(18(2,14)15)10-13-9(7-17-10)11(12)3-5-16-6-4-11/h7-8H,3-6,12H2,1-2H3. The van der Waals surface area contributed by atoms with E-state index in [2.05, 4.69) is 4.98 Å². The Balaban J connectivity index is 2.25. The van der Waals surface area contributed by atoms with E-state index in [1.165, 1.54) is 17.6 Å². The fourth-order valence-electron chi connectivity index (χ4n) is 1.88. The first-order valence-corrected chi connectivity index (χ1v) is 8.68. The highest BCUT2D eigenvalue weighted by atomic mass is 32.2. The molecule has 1 fully saturated rings. The van der Waals surface area contributed by atoms with Crippen molar-refractivity contribution in [2.75, 3.05) is 19.5 Å². The minimum atomic E-state index is -3.11. The summed E-state index contributed by atoms with van der Waals surface area (Å²) < 4.78 is 28.3. The molecule has 102 valence electrons. The van der Waals surface area contributed by atoms with Gasteiger partial charge in [0.15, 0.2) is 9.84 Å². The van der Waals surface area contributed by atoms with Crippen LogP contribution in [0.3, 0.4) is 0 Å². The molecule has 5 nitrogen and oxygen atoms in total. The smallest absolute Gasteiger partial charge is 0.156 e. The van der Waals surface area contributed by atoms with Crippen molar-refractivity contribution in [3.63, 3.8) is 0 Å². The van der Waals surface area contributed by atoms with E-state index in [0.29, 0.717) is 18.2 Å². The van der Waals surface area contributed by atoms with Gasteiger partial charge in [-0.15, -0.1) is 11.3 Å². The fraction of sp³-hybridized carbons (Fsp3) is 0.727. The van der Waals surface area contributed by atoms with Crippen LogP contribution >= 0.6 is 11.3 Å². The Labute approximate surface area is 111 Å². The predicted molar refractivity (Wildman–Crippen MR) is 71.3 cm³/mol. The van der Waals surface area contributed by atoms with Crippen molar-refractivity contribution in [2.24, 2.45) is 5.73 Å². The highest BCUT2D eigenvalue weighted by Crippen LogP contribution is 2.33. The highest BCUT2D eigenvalue weighted by Gasteiger charge is 2.33. The van der Waals surface area contributed by atoms with Crippen molar-refractivity contribution < 1.29 is 13.2 Å². The molecule has 0 aromatic carbocycles. The number of thiazole rings is 1. The monoisotopic (exact) mass is 290 g/mol. The number of nitrogens with two attached hydrogens (primary N) is 1. The first-order chi connectivity index (χ1) is 8.33. The van der Waals surface area contributed by atoms with E-state index in [4.69, 9.17) is 10.5 Å². The molecule has 0 amide bonds. The molecule has 7 heteroatoms. The van der Waals surface area contributed by atoms with E-state index in [9.17, 15) is 8.42 Å². The molecule has 1 atom stereocenters. The second-order valence-corrected chi connectivity index (χ2v) is 8.07. The zero-order valence-electron chi connectivity index (χ0n) is 10.5. The molecule has 1 saturated heterocycles. The maximum Gasteiger partial charge on any atom is 0.156 e. The van der Waals surface area contributed by atoms with Crippen LogP contribution in [0.4, 0.5) is 0 Å². The Kier molecular flexibility index (Phi) is 3.77. The summed E-state index contributed by atoms with van der Waals surface area (Å²) in [6, 6.07) is 0. The van der Waals surface area contributed by atoms with E-state index in [0.717, 1.165) is 18.5 Å². The summed E-state index contributed by atoms with van der Waals surface area (Å²) in [4.78, 5) is 4.43. The number of ether oxygens (including phenoxy) is 1. The lowest BCUT2D eigenvalue weighted by molar-refractivity contribution is 0.0509. The molecule has 0 saturated carbocycles. The Morgan fingerprint density at radius 2 is 2.11 bits per heavy atom. The fourth-order valence-corrected chi connectivity index (χ4v) is 3.85. The van der Waals surface area contributed by atoms with E-state index in [1.807, 2.05) is 5.38 Å². The molecule has 1 unspecified atom stereocenters. The van der Waals surface area contributed by atoms with Crippen LogP contribution in [-0.4, -0.2) is 32.9 Å². The topological polar surface area (TPSA) is 82.3 Å². The van der Waals surface area contributed by atoms with Crippen molar-refractivity contribution in [1.29, 1.82) is 0 Å². The van der Waals surface area contributed by atoms with Gasteiger partial charge in [0, 0.05) is 24.8 Å². The third-order valence-electron chi connectivity index (χ3n) is 3.41. The zero-order chi connectivity index (χ0) is 13.4. The maximum atomic E-state index is 11.5. The molecule has 0 bridgehead atoms. The minimum Gasteiger partial charge on any atom is -0.381 e. The summed E-state index contributed by atoms with van der Waals surface area (Å²) in [5.74, 6) is 0. The average molecular weight is 290 g/mol. The van der Waals surface area contributed by atoms with Crippen molar-refractivity contribution in [1.82, 2.24) is 4.98 Å². The summed E-state index contributed by atoms with van der Waals surface area (Å²) >= 11 is 1.37. The van der Waals surface area contributed by atoms with Crippen molar-refractivity contribution >= 4 is 21.2 Å².